The van der Waals surface area contributed by atoms with Crippen LogP contribution in [0, 0.1) is 33.1 Å². The van der Waals surface area contributed by atoms with Gasteiger partial charge in [-0.25, -0.2) is 4.98 Å². The molecule has 0 spiro atoms. The number of aliphatic imine (C=N–C) groups is 1. The van der Waals surface area contributed by atoms with Gasteiger partial charge in [0.2, 0.25) is 17.7 Å². The monoisotopic (exact) mass is 958 g/mol. The summed E-state index contributed by atoms with van der Waals surface area (Å²) in [6, 6.07) is 13.3. The zero-order valence-electron chi connectivity index (χ0n) is 39.9. The molecule has 0 bridgehead atoms. The Balaban J connectivity index is 0.887. The summed E-state index contributed by atoms with van der Waals surface area (Å²) in [7, 11) is 1.37. The molecule has 2 aliphatic rings. The van der Waals surface area contributed by atoms with Crippen LogP contribution in [-0.4, -0.2) is 101 Å². The first kappa shape index (κ1) is 48.1. The first-order valence-electron chi connectivity index (χ1n) is 22.8. The highest BCUT2D eigenvalue weighted by Crippen LogP contribution is 2.40. The predicted molar refractivity (Wildman–Crippen MR) is 262 cm³/mol. The summed E-state index contributed by atoms with van der Waals surface area (Å²) in [6.07, 6.45) is 3.59. The molecule has 3 N–H and O–H groups in total. The Kier molecular flexibility index (Phi) is 13.9. The number of nitrogens with one attached hydrogen (secondary N) is 2. The molecule has 0 aliphatic carbocycles. The zero-order valence-corrected chi connectivity index (χ0v) is 41.5. The highest BCUT2D eigenvalue weighted by atomic mass is 32.1. The van der Waals surface area contributed by atoms with Crippen molar-refractivity contribution >= 4 is 52.1 Å². The van der Waals surface area contributed by atoms with Crippen LogP contribution in [0.5, 0.6) is 0 Å². The van der Waals surface area contributed by atoms with Crippen molar-refractivity contribution in [2.75, 3.05) is 13.7 Å². The molecule has 356 valence electrons. The second kappa shape index (κ2) is 19.7. The van der Waals surface area contributed by atoms with E-state index in [0.29, 0.717) is 24.6 Å². The van der Waals surface area contributed by atoms with Crippen molar-refractivity contribution in [2.45, 2.75) is 118 Å². The van der Waals surface area contributed by atoms with Crippen molar-refractivity contribution < 1.29 is 29.0 Å². The molecular weight excluding hydrogens is 901 g/mol. The van der Waals surface area contributed by atoms with Gasteiger partial charge in [-0.15, -0.1) is 32.9 Å². The molecule has 4 aromatic heterocycles. The number of amides is 3. The zero-order chi connectivity index (χ0) is 48.6. The predicted octanol–water partition coefficient (Wildman–Crippen LogP) is 7.15. The number of carbonyl (C=O) groups is 4. The Morgan fingerprint density at radius 1 is 0.941 bits per heavy atom. The number of hydrogen-bond acceptors (Lipinski definition) is 13. The lowest BCUT2D eigenvalue weighted by molar-refractivity contribution is -0.144. The van der Waals surface area contributed by atoms with Crippen molar-refractivity contribution in [2.24, 2.45) is 10.4 Å². The number of hydrogen-bond donors (Lipinski definition) is 3. The number of esters is 1. The Labute approximate surface area is 403 Å². The first-order valence-corrected chi connectivity index (χ1v) is 24.5. The van der Waals surface area contributed by atoms with Crippen molar-refractivity contribution in [1.82, 2.24) is 45.1 Å². The third kappa shape index (κ3) is 9.94. The fourth-order valence-electron chi connectivity index (χ4n) is 8.87. The maximum atomic E-state index is 14.2. The van der Waals surface area contributed by atoms with Crippen LogP contribution in [-0.2, 0) is 30.5 Å². The van der Waals surface area contributed by atoms with E-state index in [1.807, 2.05) is 106 Å². The highest BCUT2D eigenvalue weighted by Gasteiger charge is 2.45. The van der Waals surface area contributed by atoms with Gasteiger partial charge >= 0.3 is 5.97 Å². The Morgan fingerprint density at radius 3 is 2.32 bits per heavy atom. The van der Waals surface area contributed by atoms with Crippen LogP contribution < -0.4 is 10.6 Å². The molecule has 6 aromatic rings. The fraction of sp³-hybridized carbons (Fsp3) is 0.420. The van der Waals surface area contributed by atoms with Crippen LogP contribution in [0.3, 0.4) is 0 Å². The van der Waals surface area contributed by atoms with Crippen molar-refractivity contribution in [3.8, 4) is 26.6 Å². The number of aliphatic hydroxyl groups is 1. The number of carbonyl (C=O) groups excluding carboxylic acids is 4. The van der Waals surface area contributed by atoms with Gasteiger partial charge in [-0.2, -0.15) is 5.10 Å². The van der Waals surface area contributed by atoms with Crippen molar-refractivity contribution in [1.29, 1.82) is 0 Å². The fourth-order valence-corrected chi connectivity index (χ4v) is 10.9. The van der Waals surface area contributed by atoms with Gasteiger partial charge in [0.25, 0.3) is 0 Å². The molecule has 8 rings (SSSR count). The number of aryl methyl sites for hydroxylation is 4. The number of likely N-dealkylation sites (tertiary alicyclic amines) is 1. The van der Waals surface area contributed by atoms with Gasteiger partial charge in [0.15, 0.2) is 5.82 Å². The number of nitrogens with zero attached hydrogens (tertiary/aromatic N) is 8. The van der Waals surface area contributed by atoms with Crippen LogP contribution in [0.15, 0.2) is 71.4 Å². The minimum absolute atomic E-state index is 0.00744. The number of thiazole rings is 1. The van der Waals surface area contributed by atoms with Gasteiger partial charge in [-0.1, -0.05) is 69.3 Å². The number of aromatic nitrogens is 6. The molecule has 1 unspecified atom stereocenters. The average molecular weight is 959 g/mol. The summed E-state index contributed by atoms with van der Waals surface area (Å²) in [5.74, 6) is -0.135. The number of methoxy groups -OCH3 is 1. The molecule has 16 nitrogen and oxygen atoms in total. The normalized spacial score (nSPS) is 17.7. The average Bonchev–Trinajstić information content (AvgIpc) is 4.15. The van der Waals surface area contributed by atoms with Gasteiger partial charge in [-0.3, -0.25) is 33.4 Å². The molecule has 0 saturated carbocycles. The van der Waals surface area contributed by atoms with Crippen LogP contribution in [0.1, 0.15) is 110 Å². The number of β-amino-alcohol motifs (C(OH)–C–C–N with tert-alkyl or cyclic N) is 1. The Bertz CT molecular complexity index is 2870. The number of benzene rings is 2. The SMILES string of the molecule is COC(=O)C[C@@H]1N=C(c2ccc(-c3cnn(CCCC(=O)NC(C(=O)N4C[C@H](O)C[C@H]4C(=O)N[C@@H](C)c4ccc(-c5scnc5C)cc4)C(C)(C)C)c3)cc2)c2c(sc(C)c2C)-n2c(C)nnc21. The maximum Gasteiger partial charge on any atom is 0.308 e. The standard InChI is InChI=1S/C50H58N10O6S2/c1-27-30(4)68-49-42(27)43(54-38(22-41(63)66-9)46-57-56-31(5)60(46)49)34-16-14-33(15-17-34)36-23-52-58(24-36)20-10-11-40(62)55-45(50(6,7)8)48(65)59-25-37(61)21-39(59)47(64)53-28(2)32-12-18-35(19-13-32)44-29(3)51-26-67-44/h12-19,23-24,26,28,37-39,45,61H,10-11,20-22,25H2,1-9H3,(H,53,64)(H,55,62)/t28-,37+,38-,39-,45?/m0/s1. The van der Waals surface area contributed by atoms with Crippen LogP contribution in [0.2, 0.25) is 0 Å². The van der Waals surface area contributed by atoms with E-state index in [0.717, 1.165) is 65.1 Å². The lowest BCUT2D eigenvalue weighted by Crippen LogP contribution is -2.57. The molecule has 1 fully saturated rings. The summed E-state index contributed by atoms with van der Waals surface area (Å²) >= 11 is 3.23. The maximum absolute atomic E-state index is 14.2. The molecule has 2 aromatic carbocycles. The summed E-state index contributed by atoms with van der Waals surface area (Å²) < 4.78 is 8.83. The summed E-state index contributed by atoms with van der Waals surface area (Å²) in [5.41, 5.74) is 9.65. The number of ether oxygens (including phenoxy) is 1. The van der Waals surface area contributed by atoms with Gasteiger partial charge < -0.3 is 25.4 Å². The van der Waals surface area contributed by atoms with E-state index >= 15 is 0 Å². The highest BCUT2D eigenvalue weighted by molar-refractivity contribution is 7.15. The second-order valence-electron chi connectivity index (χ2n) is 18.7. The summed E-state index contributed by atoms with van der Waals surface area (Å²) in [4.78, 5) is 67.2. The molecule has 2 aliphatic heterocycles. The Hall–Kier alpha value is -6.37. The molecule has 18 heteroatoms. The third-order valence-electron chi connectivity index (χ3n) is 12.8. The quantitative estimate of drug-likeness (QED) is 0.0943. The van der Waals surface area contributed by atoms with E-state index in [1.165, 1.54) is 12.0 Å². The Morgan fingerprint density at radius 2 is 1.65 bits per heavy atom. The molecule has 6 heterocycles. The molecular formula is C50H58N10O6S2. The minimum Gasteiger partial charge on any atom is -0.469 e. The van der Waals surface area contributed by atoms with E-state index in [4.69, 9.17) is 9.73 Å². The molecule has 3 amide bonds. The van der Waals surface area contributed by atoms with E-state index in [-0.39, 0.29) is 49.6 Å². The number of thiophene rings is 1. The molecule has 0 radical (unpaired) electrons. The molecule has 5 atom stereocenters. The largest absolute Gasteiger partial charge is 0.469 e. The van der Waals surface area contributed by atoms with E-state index in [9.17, 15) is 24.3 Å². The van der Waals surface area contributed by atoms with Crippen LogP contribution in [0.25, 0.3) is 26.6 Å². The minimum atomic E-state index is -0.930. The van der Waals surface area contributed by atoms with Gasteiger partial charge in [-0.05, 0) is 68.7 Å². The van der Waals surface area contributed by atoms with E-state index in [2.05, 4.69) is 44.8 Å². The number of fused-ring (bicyclic) bond motifs is 3. The number of rotatable bonds is 14. The molecule has 1 saturated heterocycles. The molecule has 68 heavy (non-hydrogen) atoms. The van der Waals surface area contributed by atoms with Gasteiger partial charge in [0.05, 0.1) is 53.7 Å². The first-order chi connectivity index (χ1) is 32.4. The third-order valence-corrected chi connectivity index (χ3v) is 15.0. The lowest BCUT2D eigenvalue weighted by atomic mass is 9.85. The van der Waals surface area contributed by atoms with E-state index < -0.39 is 35.6 Å². The van der Waals surface area contributed by atoms with Crippen molar-refractivity contribution in [3.05, 3.63) is 111 Å². The second-order valence-corrected chi connectivity index (χ2v) is 20.8. The lowest BCUT2D eigenvalue weighted by Gasteiger charge is -2.35. The summed E-state index contributed by atoms with van der Waals surface area (Å²) in [5, 5.41) is 31.1. The van der Waals surface area contributed by atoms with Gasteiger partial charge in [0, 0.05) is 53.7 Å². The topological polar surface area (TPSA) is 199 Å². The van der Waals surface area contributed by atoms with Gasteiger partial charge in [0.1, 0.15) is 29.0 Å². The van der Waals surface area contributed by atoms with E-state index in [1.54, 1.807) is 33.6 Å². The van der Waals surface area contributed by atoms with Crippen LogP contribution >= 0.6 is 22.7 Å². The number of aliphatic hydroxyl groups excluding tert-OH is 1. The van der Waals surface area contributed by atoms with Crippen molar-refractivity contribution in [3.63, 3.8) is 0 Å². The smallest absolute Gasteiger partial charge is 0.308 e. The van der Waals surface area contributed by atoms with Crippen LogP contribution in [0.4, 0.5) is 0 Å². The summed E-state index contributed by atoms with van der Waals surface area (Å²) in [6.45, 7) is 16.0.